The van der Waals surface area contributed by atoms with Crippen molar-refractivity contribution in [1.29, 1.82) is 0 Å². The summed E-state index contributed by atoms with van der Waals surface area (Å²) in [6.07, 6.45) is 0.0968. The zero-order valence-corrected chi connectivity index (χ0v) is 10.1. The molecule has 3 N–H and O–H groups in total. The van der Waals surface area contributed by atoms with Crippen LogP contribution in [-0.4, -0.2) is 49.1 Å². The van der Waals surface area contributed by atoms with Crippen LogP contribution >= 0.6 is 0 Å². The molecule has 0 heterocycles. The molecule has 0 saturated heterocycles. The van der Waals surface area contributed by atoms with E-state index in [1.54, 1.807) is 0 Å². The van der Waals surface area contributed by atoms with Crippen molar-refractivity contribution in [2.75, 3.05) is 33.0 Å². The molecule has 0 aliphatic heterocycles. The number of carbonyl (C=O) groups is 1. The van der Waals surface area contributed by atoms with Crippen LogP contribution in [0.25, 0.3) is 0 Å². The van der Waals surface area contributed by atoms with E-state index in [2.05, 4.69) is 11.9 Å². The minimum atomic E-state index is -0.407. The molecule has 0 aromatic heterocycles. The Kier molecular flexibility index (Phi) is 9.65. The monoisotopic (exact) mass is 247 g/mol. The maximum Gasteiger partial charge on any atom is 0.220 e. The van der Waals surface area contributed by atoms with Gasteiger partial charge in [0.15, 0.2) is 0 Å². The Balaban J connectivity index is 3.42. The summed E-state index contributed by atoms with van der Waals surface area (Å²) in [5, 5.41) is 20.1. The zero-order chi connectivity index (χ0) is 13.1. The number of hydrogen-bond donors (Lipinski definition) is 3. The summed E-state index contributed by atoms with van der Waals surface area (Å²) in [4.78, 5) is 20.8. The lowest BCUT2D eigenvalue weighted by Gasteiger charge is -2.10. The van der Waals surface area contributed by atoms with Crippen LogP contribution in [0.3, 0.4) is 0 Å². The molecule has 1 amide bonds. The van der Waals surface area contributed by atoms with Crippen molar-refractivity contribution >= 4 is 5.91 Å². The highest BCUT2D eigenvalue weighted by molar-refractivity contribution is 5.76. The van der Waals surface area contributed by atoms with Gasteiger partial charge in [-0.2, -0.15) is 0 Å². The van der Waals surface area contributed by atoms with E-state index in [0.29, 0.717) is 13.2 Å². The van der Waals surface area contributed by atoms with Crippen molar-refractivity contribution in [3.63, 3.8) is 0 Å². The van der Waals surface area contributed by atoms with Gasteiger partial charge in [-0.25, -0.2) is 9.78 Å². The maximum absolute atomic E-state index is 11.3. The third-order valence-electron chi connectivity index (χ3n) is 1.89. The smallest absolute Gasteiger partial charge is 0.220 e. The fourth-order valence-electron chi connectivity index (χ4n) is 0.954. The molecule has 6 nitrogen and oxygen atoms in total. The quantitative estimate of drug-likeness (QED) is 0.212. The van der Waals surface area contributed by atoms with Crippen LogP contribution in [0.1, 0.15) is 13.3 Å². The van der Waals surface area contributed by atoms with Gasteiger partial charge in [0.25, 0.3) is 0 Å². The third kappa shape index (κ3) is 9.95. The van der Waals surface area contributed by atoms with E-state index in [-0.39, 0.29) is 32.1 Å². The van der Waals surface area contributed by atoms with Gasteiger partial charge >= 0.3 is 0 Å². The standard InChI is InChI=1S/C11H21NO5/c1-9(2)8-17-16-4-3-12-11(15)5-10(6-13)7-14/h10,13-14H,1,3-8H2,2H3,(H,12,15). The molecule has 100 valence electrons. The number of nitrogens with one attached hydrogen (secondary N) is 1. The Morgan fingerprint density at radius 3 is 2.53 bits per heavy atom. The highest BCUT2D eigenvalue weighted by Crippen LogP contribution is 1.99. The van der Waals surface area contributed by atoms with E-state index in [1.165, 1.54) is 0 Å². The number of rotatable bonds is 10. The largest absolute Gasteiger partial charge is 0.396 e. The molecular weight excluding hydrogens is 226 g/mol. The summed E-state index contributed by atoms with van der Waals surface area (Å²) in [6.45, 7) is 5.91. The van der Waals surface area contributed by atoms with Gasteiger partial charge in [0.05, 0.1) is 6.61 Å². The normalized spacial score (nSPS) is 10.6. The molecule has 0 aliphatic rings. The Hall–Kier alpha value is -0.950. The molecule has 0 fully saturated rings. The molecule has 0 rings (SSSR count). The van der Waals surface area contributed by atoms with Crippen LogP contribution in [0.4, 0.5) is 0 Å². The second-order valence-corrected chi connectivity index (χ2v) is 3.83. The highest BCUT2D eigenvalue weighted by Gasteiger charge is 2.11. The van der Waals surface area contributed by atoms with Gasteiger partial charge in [0, 0.05) is 32.1 Å². The molecule has 0 saturated carbocycles. The maximum atomic E-state index is 11.3. The molecule has 0 spiro atoms. The van der Waals surface area contributed by atoms with E-state index < -0.39 is 5.92 Å². The van der Waals surface area contributed by atoms with E-state index in [4.69, 9.17) is 20.0 Å². The Morgan fingerprint density at radius 2 is 2.00 bits per heavy atom. The predicted octanol–water partition coefficient (Wildman–Crippen LogP) is -0.382. The van der Waals surface area contributed by atoms with E-state index in [1.807, 2.05) is 6.92 Å². The van der Waals surface area contributed by atoms with Crippen LogP contribution in [0, 0.1) is 5.92 Å². The van der Waals surface area contributed by atoms with Crippen LogP contribution in [0.5, 0.6) is 0 Å². The van der Waals surface area contributed by atoms with Crippen molar-refractivity contribution in [1.82, 2.24) is 5.32 Å². The highest BCUT2D eigenvalue weighted by atomic mass is 17.2. The summed E-state index contributed by atoms with van der Waals surface area (Å²) in [5.41, 5.74) is 0.850. The second kappa shape index (κ2) is 10.2. The first-order chi connectivity index (χ1) is 8.10. The summed E-state index contributed by atoms with van der Waals surface area (Å²) < 4.78 is 0. The molecule has 0 radical (unpaired) electrons. The molecule has 0 bridgehead atoms. The van der Waals surface area contributed by atoms with Gasteiger partial charge in [-0.1, -0.05) is 12.2 Å². The first kappa shape index (κ1) is 16.1. The fraction of sp³-hybridized carbons (Fsp3) is 0.727. The van der Waals surface area contributed by atoms with Crippen molar-refractivity contribution in [2.45, 2.75) is 13.3 Å². The summed E-state index contributed by atoms with van der Waals surface area (Å²) >= 11 is 0. The van der Waals surface area contributed by atoms with Crippen molar-refractivity contribution < 1.29 is 24.8 Å². The second-order valence-electron chi connectivity index (χ2n) is 3.83. The molecule has 0 atom stereocenters. The number of carbonyl (C=O) groups excluding carboxylic acids is 1. The zero-order valence-electron chi connectivity index (χ0n) is 10.1. The summed E-state index contributed by atoms with van der Waals surface area (Å²) in [7, 11) is 0. The van der Waals surface area contributed by atoms with Crippen molar-refractivity contribution in [2.24, 2.45) is 5.92 Å². The molecule has 0 unspecified atom stereocenters. The average molecular weight is 247 g/mol. The van der Waals surface area contributed by atoms with Crippen LogP contribution in [-0.2, 0) is 14.6 Å². The summed E-state index contributed by atoms with van der Waals surface area (Å²) in [5.74, 6) is -0.641. The topological polar surface area (TPSA) is 88.0 Å². The van der Waals surface area contributed by atoms with Crippen LogP contribution in [0.2, 0.25) is 0 Å². The Morgan fingerprint density at radius 1 is 1.35 bits per heavy atom. The number of aliphatic hydroxyl groups excluding tert-OH is 2. The minimum Gasteiger partial charge on any atom is -0.396 e. The SMILES string of the molecule is C=C(C)COOCCNC(=O)CC(CO)CO. The number of hydrogen-bond acceptors (Lipinski definition) is 5. The van der Waals surface area contributed by atoms with Gasteiger partial charge in [0.2, 0.25) is 5.91 Å². The van der Waals surface area contributed by atoms with E-state index >= 15 is 0 Å². The molecule has 0 aromatic carbocycles. The first-order valence-corrected chi connectivity index (χ1v) is 5.47. The van der Waals surface area contributed by atoms with Crippen molar-refractivity contribution in [3.8, 4) is 0 Å². The van der Waals surface area contributed by atoms with E-state index in [0.717, 1.165) is 5.57 Å². The Bertz CT molecular complexity index is 228. The molecule has 0 aliphatic carbocycles. The number of aliphatic hydroxyl groups is 2. The van der Waals surface area contributed by atoms with Crippen molar-refractivity contribution in [3.05, 3.63) is 12.2 Å². The van der Waals surface area contributed by atoms with E-state index in [9.17, 15) is 4.79 Å². The number of amides is 1. The molecule has 0 aromatic rings. The van der Waals surface area contributed by atoms with Crippen LogP contribution < -0.4 is 5.32 Å². The lowest BCUT2D eigenvalue weighted by molar-refractivity contribution is -0.286. The van der Waals surface area contributed by atoms with Gasteiger partial charge in [-0.15, -0.1) is 0 Å². The average Bonchev–Trinajstić information content (AvgIpc) is 2.30. The van der Waals surface area contributed by atoms with Gasteiger partial charge in [0.1, 0.15) is 6.61 Å². The molecule has 17 heavy (non-hydrogen) atoms. The lowest BCUT2D eigenvalue weighted by Crippen LogP contribution is -2.30. The minimum absolute atomic E-state index is 0.0968. The lowest BCUT2D eigenvalue weighted by atomic mass is 10.1. The third-order valence-corrected chi connectivity index (χ3v) is 1.89. The first-order valence-electron chi connectivity index (χ1n) is 5.47. The molecular formula is C11H21NO5. The summed E-state index contributed by atoms with van der Waals surface area (Å²) in [6, 6.07) is 0. The van der Waals surface area contributed by atoms with Crippen LogP contribution in [0.15, 0.2) is 12.2 Å². The van der Waals surface area contributed by atoms with Gasteiger partial charge < -0.3 is 15.5 Å². The predicted molar refractivity (Wildman–Crippen MR) is 62.0 cm³/mol. The van der Waals surface area contributed by atoms with Gasteiger partial charge in [-0.05, 0) is 6.92 Å². The van der Waals surface area contributed by atoms with Gasteiger partial charge in [-0.3, -0.25) is 4.79 Å². The molecule has 6 heteroatoms. The fourth-order valence-corrected chi connectivity index (χ4v) is 0.954. The Labute approximate surface area is 101 Å².